The Balaban J connectivity index is 3.85. The fourth-order valence-corrected chi connectivity index (χ4v) is 2.02. The summed E-state index contributed by atoms with van der Waals surface area (Å²) in [7, 11) is -1.45. The molecule has 0 aliphatic rings. The Kier molecular flexibility index (Phi) is 6.40. The molecule has 0 unspecified atom stereocenters. The molecule has 0 aliphatic carbocycles. The quantitative estimate of drug-likeness (QED) is 0.679. The van der Waals surface area contributed by atoms with Gasteiger partial charge < -0.3 is 10.1 Å². The van der Waals surface area contributed by atoms with Crippen LogP contribution >= 0.6 is 0 Å². The van der Waals surface area contributed by atoms with Crippen LogP contribution in [0.4, 0.5) is 0 Å². The number of hydrogen-bond donors (Lipinski definition) is 1. The molecule has 0 aromatic carbocycles. The van der Waals surface area contributed by atoms with Crippen molar-refractivity contribution in [2.45, 2.75) is 32.7 Å². The Morgan fingerprint density at radius 1 is 1.27 bits per heavy atom. The van der Waals surface area contributed by atoms with Crippen molar-refractivity contribution in [1.29, 1.82) is 0 Å². The van der Waals surface area contributed by atoms with Crippen molar-refractivity contribution in [1.82, 2.24) is 5.32 Å². The molecule has 4 nitrogen and oxygen atoms in total. The summed E-state index contributed by atoms with van der Waals surface area (Å²) in [5.74, 6) is 0.289. The van der Waals surface area contributed by atoms with E-state index in [1.807, 2.05) is 0 Å². The van der Waals surface area contributed by atoms with Crippen LogP contribution in [0.3, 0.4) is 0 Å². The highest BCUT2D eigenvalue weighted by atomic mass is 32.2. The molecular weight excluding hydrogens is 214 g/mol. The monoisotopic (exact) mass is 237 g/mol. The minimum absolute atomic E-state index is 0.0107. The van der Waals surface area contributed by atoms with Crippen molar-refractivity contribution in [3.63, 3.8) is 0 Å². The molecule has 0 radical (unpaired) electrons. The van der Waals surface area contributed by atoms with E-state index in [0.717, 1.165) is 6.42 Å². The average molecular weight is 237 g/mol. The third-order valence-electron chi connectivity index (χ3n) is 2.50. The normalized spacial score (nSPS) is 13.1. The molecule has 0 aromatic heterocycles. The van der Waals surface area contributed by atoms with E-state index in [2.05, 4.69) is 26.1 Å². The molecule has 0 heterocycles. The second-order valence-corrected chi connectivity index (χ2v) is 6.61. The first-order valence-corrected chi connectivity index (χ1v) is 7.09. The third-order valence-corrected chi connectivity index (χ3v) is 4.11. The molecule has 0 fully saturated rings. The van der Waals surface area contributed by atoms with Gasteiger partial charge in [0.05, 0.1) is 18.1 Å². The van der Waals surface area contributed by atoms with Crippen LogP contribution in [-0.4, -0.2) is 45.7 Å². The van der Waals surface area contributed by atoms with Gasteiger partial charge in [-0.05, 0) is 20.3 Å². The lowest BCUT2D eigenvalue weighted by Gasteiger charge is -2.24. The molecule has 0 aliphatic heterocycles. The average Bonchev–Trinajstić information content (AvgIpc) is 2.14. The smallest absolute Gasteiger partial charge is 0.153 e. The van der Waals surface area contributed by atoms with Gasteiger partial charge in [-0.2, -0.15) is 0 Å². The van der Waals surface area contributed by atoms with E-state index in [0.29, 0.717) is 6.54 Å². The van der Waals surface area contributed by atoms with E-state index < -0.39 is 9.84 Å². The number of methoxy groups -OCH3 is 1. The summed E-state index contributed by atoms with van der Waals surface area (Å²) in [4.78, 5) is 0. The van der Waals surface area contributed by atoms with E-state index in [1.54, 1.807) is 0 Å². The highest BCUT2D eigenvalue weighted by molar-refractivity contribution is 7.91. The molecule has 0 rings (SSSR count). The second-order valence-electron chi connectivity index (χ2n) is 4.31. The van der Waals surface area contributed by atoms with Gasteiger partial charge in [0, 0.05) is 19.2 Å². The number of ether oxygens (including phenoxy) is 1. The van der Waals surface area contributed by atoms with Crippen molar-refractivity contribution in [3.05, 3.63) is 0 Å². The minimum atomic E-state index is -2.96. The molecule has 5 heteroatoms. The maximum absolute atomic E-state index is 11.4. The van der Waals surface area contributed by atoms with Crippen LogP contribution in [0.2, 0.25) is 0 Å². The van der Waals surface area contributed by atoms with E-state index in [9.17, 15) is 8.42 Å². The van der Waals surface area contributed by atoms with Crippen LogP contribution in [0.5, 0.6) is 0 Å². The van der Waals surface area contributed by atoms with Gasteiger partial charge >= 0.3 is 0 Å². The lowest BCUT2D eigenvalue weighted by molar-refractivity contribution is 0.217. The van der Waals surface area contributed by atoms with E-state index in [4.69, 9.17) is 4.74 Å². The molecular formula is C10H23NO3S. The van der Waals surface area contributed by atoms with E-state index >= 15 is 0 Å². The van der Waals surface area contributed by atoms with Crippen molar-refractivity contribution >= 4 is 9.84 Å². The van der Waals surface area contributed by atoms with Crippen LogP contribution in [0, 0.1) is 0 Å². The second kappa shape index (κ2) is 6.45. The van der Waals surface area contributed by atoms with Crippen LogP contribution in [0.15, 0.2) is 0 Å². The third kappa shape index (κ3) is 7.76. The van der Waals surface area contributed by atoms with Gasteiger partial charge in [-0.15, -0.1) is 0 Å². The number of hydrogen-bond acceptors (Lipinski definition) is 4. The maximum atomic E-state index is 11.4. The van der Waals surface area contributed by atoms with Crippen LogP contribution in [0.1, 0.15) is 27.2 Å². The first kappa shape index (κ1) is 14.9. The fourth-order valence-electron chi connectivity index (χ4n) is 0.982. The Bertz CT molecular complexity index is 260. The fraction of sp³-hybridized carbons (Fsp3) is 1.00. The molecule has 0 amide bonds. The van der Waals surface area contributed by atoms with Gasteiger partial charge in [0.25, 0.3) is 0 Å². The Morgan fingerprint density at radius 2 is 1.87 bits per heavy atom. The zero-order valence-electron chi connectivity index (χ0n) is 10.2. The van der Waals surface area contributed by atoms with Gasteiger partial charge in [-0.3, -0.25) is 0 Å². The summed E-state index contributed by atoms with van der Waals surface area (Å²) in [6.07, 6.45) is 0.977. The molecule has 0 atom stereocenters. The van der Waals surface area contributed by atoms with Gasteiger partial charge in [-0.25, -0.2) is 8.42 Å². The summed E-state index contributed by atoms with van der Waals surface area (Å²) in [6, 6.07) is 0. The molecule has 0 aromatic rings. The Hall–Kier alpha value is -0.130. The van der Waals surface area contributed by atoms with Gasteiger partial charge in [-0.1, -0.05) is 6.92 Å². The predicted octanol–water partition coefficient (Wildman–Crippen LogP) is 0.826. The first-order valence-electron chi connectivity index (χ1n) is 5.27. The summed E-state index contributed by atoms with van der Waals surface area (Å²) < 4.78 is 27.6. The summed E-state index contributed by atoms with van der Waals surface area (Å²) >= 11 is 0. The van der Waals surface area contributed by atoms with Crippen LogP contribution in [-0.2, 0) is 14.6 Å². The van der Waals surface area contributed by atoms with Gasteiger partial charge in [0.1, 0.15) is 0 Å². The van der Waals surface area contributed by atoms with E-state index in [1.165, 1.54) is 7.11 Å². The topological polar surface area (TPSA) is 55.4 Å². The summed E-state index contributed by atoms with van der Waals surface area (Å²) in [5, 5.41) is 3.22. The summed E-state index contributed by atoms with van der Waals surface area (Å²) in [6.45, 7) is 6.99. The largest absolute Gasteiger partial charge is 0.384 e. The van der Waals surface area contributed by atoms with Crippen LogP contribution in [0.25, 0.3) is 0 Å². The SMILES string of the molecule is CCC(C)(C)NCCS(=O)(=O)CCOC. The maximum Gasteiger partial charge on any atom is 0.153 e. The summed E-state index contributed by atoms with van der Waals surface area (Å²) in [5.41, 5.74) is 0.0107. The van der Waals surface area contributed by atoms with Crippen molar-refractivity contribution in [2.75, 3.05) is 31.8 Å². The molecule has 0 bridgehead atoms. The highest BCUT2D eigenvalue weighted by Crippen LogP contribution is 2.06. The Labute approximate surface area is 93.3 Å². The number of sulfone groups is 1. The molecule has 92 valence electrons. The van der Waals surface area contributed by atoms with Crippen molar-refractivity contribution < 1.29 is 13.2 Å². The van der Waals surface area contributed by atoms with Crippen molar-refractivity contribution in [3.8, 4) is 0 Å². The molecule has 1 N–H and O–H groups in total. The molecule has 15 heavy (non-hydrogen) atoms. The number of nitrogens with one attached hydrogen (secondary N) is 1. The zero-order valence-corrected chi connectivity index (χ0v) is 11.0. The lowest BCUT2D eigenvalue weighted by Crippen LogP contribution is -2.41. The standard InChI is InChI=1S/C10H23NO3S/c1-5-10(2,3)11-6-8-15(12,13)9-7-14-4/h11H,5-9H2,1-4H3. The number of rotatable bonds is 8. The van der Waals surface area contributed by atoms with E-state index in [-0.39, 0.29) is 23.7 Å². The van der Waals surface area contributed by atoms with Crippen LogP contribution < -0.4 is 5.32 Å². The van der Waals surface area contributed by atoms with Gasteiger partial charge in [0.2, 0.25) is 0 Å². The van der Waals surface area contributed by atoms with Gasteiger partial charge in [0.15, 0.2) is 9.84 Å². The predicted molar refractivity (Wildman–Crippen MR) is 62.9 cm³/mol. The molecule has 0 saturated heterocycles. The highest BCUT2D eigenvalue weighted by Gasteiger charge is 2.16. The molecule has 0 saturated carbocycles. The minimum Gasteiger partial charge on any atom is -0.384 e. The van der Waals surface area contributed by atoms with Crippen molar-refractivity contribution in [2.24, 2.45) is 0 Å². The zero-order chi connectivity index (χ0) is 11.9. The lowest BCUT2D eigenvalue weighted by atomic mass is 10.0. The Morgan fingerprint density at radius 3 is 2.33 bits per heavy atom. The molecule has 0 spiro atoms. The first-order chi connectivity index (χ1) is 6.83.